The lowest BCUT2D eigenvalue weighted by molar-refractivity contribution is -0.147. The summed E-state index contributed by atoms with van der Waals surface area (Å²) in [4.78, 5) is 2.27. The van der Waals surface area contributed by atoms with Crippen LogP contribution in [-0.2, 0) is 9.47 Å². The standard InChI is InChI=1S/C11H25NO2/c1-6-10(4)12(5)9-11(13-7-2)14-8-3/h10-11H,6-9H2,1-5H3. The SMILES string of the molecule is CCOC(CN(C)C(C)CC)OCC. The Bertz CT molecular complexity index is 124. The van der Waals surface area contributed by atoms with Gasteiger partial charge in [0.1, 0.15) is 0 Å². The summed E-state index contributed by atoms with van der Waals surface area (Å²) >= 11 is 0. The minimum absolute atomic E-state index is 0.0796. The van der Waals surface area contributed by atoms with Gasteiger partial charge in [0.15, 0.2) is 6.29 Å². The fourth-order valence-corrected chi connectivity index (χ4v) is 1.25. The molecule has 1 unspecified atom stereocenters. The van der Waals surface area contributed by atoms with E-state index in [0.717, 1.165) is 13.0 Å². The third kappa shape index (κ3) is 5.58. The van der Waals surface area contributed by atoms with Crippen LogP contribution in [0.15, 0.2) is 0 Å². The highest BCUT2D eigenvalue weighted by Crippen LogP contribution is 2.04. The van der Waals surface area contributed by atoms with Gasteiger partial charge in [-0.1, -0.05) is 6.92 Å². The molecule has 0 saturated carbocycles. The second kappa shape index (κ2) is 8.21. The minimum atomic E-state index is -0.0796. The maximum absolute atomic E-state index is 5.48. The van der Waals surface area contributed by atoms with E-state index in [1.165, 1.54) is 0 Å². The van der Waals surface area contributed by atoms with Gasteiger partial charge in [-0.25, -0.2) is 0 Å². The molecule has 0 amide bonds. The molecule has 0 aliphatic carbocycles. The summed E-state index contributed by atoms with van der Waals surface area (Å²) in [6, 6.07) is 0.582. The van der Waals surface area contributed by atoms with E-state index in [2.05, 4.69) is 25.8 Å². The van der Waals surface area contributed by atoms with Gasteiger partial charge in [-0.05, 0) is 34.2 Å². The van der Waals surface area contributed by atoms with Gasteiger partial charge >= 0.3 is 0 Å². The predicted molar refractivity (Wildman–Crippen MR) is 59.4 cm³/mol. The lowest BCUT2D eigenvalue weighted by atomic mass is 10.2. The molecule has 0 aromatic rings. The summed E-state index contributed by atoms with van der Waals surface area (Å²) < 4.78 is 11.0. The quantitative estimate of drug-likeness (QED) is 0.564. The van der Waals surface area contributed by atoms with Crippen LogP contribution in [0.25, 0.3) is 0 Å². The Hall–Kier alpha value is -0.120. The normalized spacial score (nSPS) is 13.9. The van der Waals surface area contributed by atoms with E-state index < -0.39 is 0 Å². The fourth-order valence-electron chi connectivity index (χ4n) is 1.25. The topological polar surface area (TPSA) is 21.7 Å². The summed E-state index contributed by atoms with van der Waals surface area (Å²) in [5.41, 5.74) is 0. The van der Waals surface area contributed by atoms with Gasteiger partial charge in [0.25, 0.3) is 0 Å². The van der Waals surface area contributed by atoms with Crippen molar-refractivity contribution in [2.45, 2.75) is 46.4 Å². The van der Waals surface area contributed by atoms with E-state index >= 15 is 0 Å². The zero-order valence-electron chi connectivity index (χ0n) is 10.2. The number of likely N-dealkylation sites (N-methyl/N-ethyl adjacent to an activating group) is 1. The third-order valence-corrected chi connectivity index (χ3v) is 2.49. The van der Waals surface area contributed by atoms with Crippen LogP contribution in [0.5, 0.6) is 0 Å². The van der Waals surface area contributed by atoms with Gasteiger partial charge in [-0.15, -0.1) is 0 Å². The molecule has 0 N–H and O–H groups in total. The van der Waals surface area contributed by atoms with Crippen LogP contribution in [0.2, 0.25) is 0 Å². The molecule has 0 aliphatic heterocycles. The van der Waals surface area contributed by atoms with Gasteiger partial charge in [0, 0.05) is 25.8 Å². The van der Waals surface area contributed by atoms with Crippen molar-refractivity contribution in [3.63, 3.8) is 0 Å². The van der Waals surface area contributed by atoms with Crippen LogP contribution in [0.4, 0.5) is 0 Å². The molecular weight excluding hydrogens is 178 g/mol. The molecule has 3 nitrogen and oxygen atoms in total. The van der Waals surface area contributed by atoms with Crippen molar-refractivity contribution in [1.82, 2.24) is 4.90 Å². The Morgan fingerprint density at radius 3 is 1.93 bits per heavy atom. The fraction of sp³-hybridized carbons (Fsp3) is 1.00. The second-order valence-corrected chi connectivity index (χ2v) is 3.54. The molecule has 3 heteroatoms. The van der Waals surface area contributed by atoms with Gasteiger partial charge < -0.3 is 9.47 Å². The second-order valence-electron chi connectivity index (χ2n) is 3.54. The molecule has 0 fully saturated rings. The van der Waals surface area contributed by atoms with Crippen molar-refractivity contribution in [2.24, 2.45) is 0 Å². The van der Waals surface area contributed by atoms with Crippen LogP contribution in [0.1, 0.15) is 34.1 Å². The first-order valence-electron chi connectivity index (χ1n) is 5.59. The van der Waals surface area contributed by atoms with E-state index in [0.29, 0.717) is 19.3 Å². The summed E-state index contributed by atoms with van der Waals surface area (Å²) in [7, 11) is 2.11. The number of hydrogen-bond acceptors (Lipinski definition) is 3. The van der Waals surface area contributed by atoms with Crippen LogP contribution in [0, 0.1) is 0 Å². The summed E-state index contributed by atoms with van der Waals surface area (Å²) in [6.45, 7) is 10.7. The van der Waals surface area contributed by atoms with Crippen LogP contribution < -0.4 is 0 Å². The summed E-state index contributed by atoms with van der Waals surface area (Å²) in [5.74, 6) is 0. The van der Waals surface area contributed by atoms with Gasteiger partial charge in [0.05, 0.1) is 0 Å². The maximum Gasteiger partial charge on any atom is 0.170 e. The van der Waals surface area contributed by atoms with Crippen LogP contribution in [-0.4, -0.2) is 44.0 Å². The molecule has 0 spiro atoms. The number of ether oxygens (including phenoxy) is 2. The Kier molecular flexibility index (Phi) is 8.14. The molecule has 0 heterocycles. The zero-order chi connectivity index (χ0) is 11.0. The Morgan fingerprint density at radius 1 is 1.07 bits per heavy atom. The van der Waals surface area contributed by atoms with E-state index in [-0.39, 0.29) is 6.29 Å². The van der Waals surface area contributed by atoms with Crippen molar-refractivity contribution in [1.29, 1.82) is 0 Å². The highest BCUT2D eigenvalue weighted by atomic mass is 16.7. The Morgan fingerprint density at radius 2 is 1.57 bits per heavy atom. The van der Waals surface area contributed by atoms with Gasteiger partial charge in [-0.3, -0.25) is 4.90 Å². The van der Waals surface area contributed by atoms with Crippen molar-refractivity contribution >= 4 is 0 Å². The van der Waals surface area contributed by atoms with E-state index in [1.807, 2.05) is 13.8 Å². The molecule has 14 heavy (non-hydrogen) atoms. The van der Waals surface area contributed by atoms with Crippen LogP contribution in [0.3, 0.4) is 0 Å². The lowest BCUT2D eigenvalue weighted by Gasteiger charge is -2.27. The number of nitrogens with zero attached hydrogens (tertiary/aromatic N) is 1. The van der Waals surface area contributed by atoms with Crippen molar-refractivity contribution in [2.75, 3.05) is 26.8 Å². The molecule has 0 radical (unpaired) electrons. The van der Waals surface area contributed by atoms with Gasteiger partial charge in [0.2, 0.25) is 0 Å². The lowest BCUT2D eigenvalue weighted by Crippen LogP contribution is -2.38. The molecule has 0 aliphatic rings. The van der Waals surface area contributed by atoms with E-state index in [1.54, 1.807) is 0 Å². The first kappa shape index (κ1) is 13.9. The molecule has 86 valence electrons. The maximum atomic E-state index is 5.48. The smallest absolute Gasteiger partial charge is 0.170 e. The highest BCUT2D eigenvalue weighted by molar-refractivity contribution is 4.62. The minimum Gasteiger partial charge on any atom is -0.352 e. The van der Waals surface area contributed by atoms with E-state index in [4.69, 9.17) is 9.47 Å². The third-order valence-electron chi connectivity index (χ3n) is 2.49. The first-order chi connectivity index (χ1) is 6.65. The first-order valence-corrected chi connectivity index (χ1v) is 5.59. The highest BCUT2D eigenvalue weighted by Gasteiger charge is 2.14. The molecule has 0 aromatic heterocycles. The molecule has 0 saturated heterocycles. The number of rotatable bonds is 8. The molecule has 1 atom stereocenters. The molecular formula is C11H25NO2. The molecule has 0 aromatic carbocycles. The summed E-state index contributed by atoms with van der Waals surface area (Å²) in [5, 5.41) is 0. The number of hydrogen-bond donors (Lipinski definition) is 0. The zero-order valence-corrected chi connectivity index (χ0v) is 10.2. The average molecular weight is 203 g/mol. The van der Waals surface area contributed by atoms with Crippen molar-refractivity contribution in [3.8, 4) is 0 Å². The predicted octanol–water partition coefficient (Wildman–Crippen LogP) is 2.12. The monoisotopic (exact) mass is 203 g/mol. The average Bonchev–Trinajstić information content (AvgIpc) is 2.17. The summed E-state index contributed by atoms with van der Waals surface area (Å²) in [6.07, 6.45) is 1.07. The molecule has 0 rings (SSSR count). The van der Waals surface area contributed by atoms with Gasteiger partial charge in [-0.2, -0.15) is 0 Å². The molecule has 0 bridgehead atoms. The largest absolute Gasteiger partial charge is 0.352 e. The Balaban J connectivity index is 3.87. The van der Waals surface area contributed by atoms with Crippen LogP contribution >= 0.6 is 0 Å². The van der Waals surface area contributed by atoms with Crippen molar-refractivity contribution in [3.05, 3.63) is 0 Å². The Labute approximate surface area is 88.4 Å². The van der Waals surface area contributed by atoms with E-state index in [9.17, 15) is 0 Å². The van der Waals surface area contributed by atoms with Crippen molar-refractivity contribution < 1.29 is 9.47 Å².